The summed E-state index contributed by atoms with van der Waals surface area (Å²) in [5, 5.41) is 53.6. The second kappa shape index (κ2) is 9.04. The zero-order chi connectivity index (χ0) is 23.4. The molecule has 0 bridgehead atoms. The van der Waals surface area contributed by atoms with Crippen molar-refractivity contribution < 1.29 is 35.1 Å². The van der Waals surface area contributed by atoms with Crippen LogP contribution in [0.2, 0.25) is 0 Å². The predicted molar refractivity (Wildman–Crippen MR) is 115 cm³/mol. The topological polar surface area (TPSA) is 161 Å². The van der Waals surface area contributed by atoms with E-state index in [1.54, 1.807) is 0 Å². The van der Waals surface area contributed by atoms with Crippen LogP contribution in [0.15, 0.2) is 0 Å². The van der Waals surface area contributed by atoms with E-state index < -0.39 is 59.6 Å². The molecule has 0 amide bonds. The summed E-state index contributed by atoms with van der Waals surface area (Å²) in [5.74, 6) is -4.56. The zero-order valence-electron chi connectivity index (χ0n) is 18.8. The summed E-state index contributed by atoms with van der Waals surface area (Å²) >= 11 is 0. The second-order valence-electron chi connectivity index (χ2n) is 10.9. The van der Waals surface area contributed by atoms with Crippen LogP contribution in [0.4, 0.5) is 0 Å². The maximum Gasteiger partial charge on any atom is 0.176 e. The number of aliphatic hydroxyl groups is 5. The monoisotopic (exact) mass is 453 g/mol. The Hall–Kier alpha value is -0.900. The number of hydrogen-bond acceptors (Lipinski definition) is 8. The highest BCUT2D eigenvalue weighted by molar-refractivity contribution is 5.94. The van der Waals surface area contributed by atoms with Crippen molar-refractivity contribution in [1.82, 2.24) is 0 Å². The van der Waals surface area contributed by atoms with Crippen LogP contribution in [-0.2, 0) is 9.59 Å². The van der Waals surface area contributed by atoms with Gasteiger partial charge in [-0.2, -0.15) is 0 Å². The van der Waals surface area contributed by atoms with Crippen LogP contribution in [0.5, 0.6) is 0 Å². The number of fused-ring (bicyclic) bond motifs is 3. The first-order chi connectivity index (χ1) is 15.1. The van der Waals surface area contributed by atoms with Gasteiger partial charge < -0.3 is 31.3 Å². The summed E-state index contributed by atoms with van der Waals surface area (Å²) in [6.45, 7) is 2.15. The van der Waals surface area contributed by atoms with E-state index in [0.29, 0.717) is 25.2 Å². The Bertz CT molecular complexity index is 729. The minimum absolute atomic E-state index is 0.0340. The molecular weight excluding hydrogens is 414 g/mol. The summed E-state index contributed by atoms with van der Waals surface area (Å²) in [7, 11) is 0. The summed E-state index contributed by atoms with van der Waals surface area (Å²) in [5.41, 5.74) is 3.26. The van der Waals surface area contributed by atoms with E-state index in [0.717, 1.165) is 32.1 Å². The highest BCUT2D eigenvalue weighted by Crippen LogP contribution is 2.56. The third kappa shape index (κ3) is 3.67. The Morgan fingerprint density at radius 3 is 2.41 bits per heavy atom. The smallest absolute Gasteiger partial charge is 0.176 e. The first-order valence-electron chi connectivity index (χ1n) is 12.4. The van der Waals surface area contributed by atoms with Gasteiger partial charge in [0.2, 0.25) is 0 Å². The van der Waals surface area contributed by atoms with Crippen LogP contribution < -0.4 is 5.73 Å². The van der Waals surface area contributed by atoms with Crippen molar-refractivity contribution in [3.05, 3.63) is 0 Å². The Balaban J connectivity index is 1.62. The van der Waals surface area contributed by atoms with Gasteiger partial charge in [-0.25, -0.2) is 0 Å². The molecule has 32 heavy (non-hydrogen) atoms. The zero-order valence-corrected chi connectivity index (χ0v) is 18.8. The summed E-state index contributed by atoms with van der Waals surface area (Å²) in [6.07, 6.45) is 1.60. The first-order valence-corrected chi connectivity index (χ1v) is 12.4. The number of Topliss-reactive ketones (excluding diaryl/α,β-unsaturated/α-hetero) is 2. The maximum atomic E-state index is 13.6. The third-order valence-electron chi connectivity index (χ3n) is 9.24. The van der Waals surface area contributed by atoms with Crippen LogP contribution >= 0.6 is 0 Å². The van der Waals surface area contributed by atoms with Gasteiger partial charge in [-0.3, -0.25) is 9.59 Å². The number of hydrogen-bond donors (Lipinski definition) is 6. The molecule has 0 heterocycles. The summed E-state index contributed by atoms with van der Waals surface area (Å²) in [6, 6.07) is 0. The fourth-order valence-electron chi connectivity index (χ4n) is 7.66. The number of aliphatic hydroxyl groups excluding tert-OH is 4. The molecule has 0 spiro atoms. The van der Waals surface area contributed by atoms with Crippen molar-refractivity contribution in [1.29, 1.82) is 0 Å². The fraction of sp³-hybridized carbons (Fsp3) is 0.917. The second-order valence-corrected chi connectivity index (χ2v) is 10.9. The Morgan fingerprint density at radius 2 is 1.75 bits per heavy atom. The van der Waals surface area contributed by atoms with Crippen molar-refractivity contribution in [2.75, 3.05) is 0 Å². The van der Waals surface area contributed by atoms with E-state index in [1.807, 2.05) is 0 Å². The quantitative estimate of drug-likeness (QED) is 0.253. The fourth-order valence-corrected chi connectivity index (χ4v) is 7.66. The number of unbranched alkanes of at least 4 members (excludes halogenated alkanes) is 2. The molecule has 4 saturated carbocycles. The number of carbonyl (C=O) groups excluding carboxylic acids is 2. The minimum Gasteiger partial charge on any atom is -0.392 e. The molecule has 0 aliphatic heterocycles. The van der Waals surface area contributed by atoms with Gasteiger partial charge >= 0.3 is 0 Å². The molecule has 8 nitrogen and oxygen atoms in total. The molecule has 182 valence electrons. The molecule has 0 radical (unpaired) electrons. The number of nitrogens with two attached hydrogens (primary N) is 1. The van der Waals surface area contributed by atoms with Crippen LogP contribution in [0.1, 0.15) is 64.7 Å². The van der Waals surface area contributed by atoms with Gasteiger partial charge in [-0.05, 0) is 49.9 Å². The maximum absolute atomic E-state index is 13.6. The van der Waals surface area contributed by atoms with Crippen LogP contribution in [-0.4, -0.2) is 67.2 Å². The van der Waals surface area contributed by atoms with Crippen molar-refractivity contribution in [2.45, 2.75) is 94.9 Å². The molecule has 0 aromatic heterocycles. The lowest BCUT2D eigenvalue weighted by atomic mass is 9.48. The highest BCUT2D eigenvalue weighted by Gasteiger charge is 2.67. The lowest BCUT2D eigenvalue weighted by Crippen LogP contribution is -2.72. The Kier molecular flexibility index (Phi) is 6.85. The van der Waals surface area contributed by atoms with E-state index >= 15 is 0 Å². The molecule has 4 aliphatic carbocycles. The SMILES string of the molecule is CCCCCC1CCC(O)C2C(=O)C3C(O)[C@]4(O)C(=O)C(C(N)O)C(O)C[C@@H]4C[C@@H]3CC12. The molecule has 0 aromatic carbocycles. The van der Waals surface area contributed by atoms with Crippen LogP contribution in [0.25, 0.3) is 0 Å². The van der Waals surface area contributed by atoms with Gasteiger partial charge in [-0.15, -0.1) is 0 Å². The van der Waals surface area contributed by atoms with Gasteiger partial charge in [0.15, 0.2) is 11.4 Å². The molecule has 4 aliphatic rings. The van der Waals surface area contributed by atoms with Gasteiger partial charge in [-0.1, -0.05) is 32.6 Å². The van der Waals surface area contributed by atoms with E-state index in [9.17, 15) is 35.1 Å². The van der Waals surface area contributed by atoms with Crippen molar-refractivity contribution in [3.8, 4) is 0 Å². The molecular formula is C24H39NO7. The molecule has 0 saturated heterocycles. The van der Waals surface area contributed by atoms with Crippen LogP contribution in [0.3, 0.4) is 0 Å². The molecule has 0 aromatic rings. The lowest BCUT2D eigenvalue weighted by Gasteiger charge is -2.58. The van der Waals surface area contributed by atoms with E-state index in [-0.39, 0.29) is 24.0 Å². The van der Waals surface area contributed by atoms with Crippen molar-refractivity contribution in [3.63, 3.8) is 0 Å². The molecule has 12 atom stereocenters. The lowest BCUT2D eigenvalue weighted by molar-refractivity contribution is -0.221. The minimum atomic E-state index is -2.23. The van der Waals surface area contributed by atoms with Crippen molar-refractivity contribution in [2.24, 2.45) is 47.2 Å². The summed E-state index contributed by atoms with van der Waals surface area (Å²) in [4.78, 5) is 26.7. The average Bonchev–Trinajstić information content (AvgIpc) is 2.72. The first kappa shape index (κ1) is 24.2. The van der Waals surface area contributed by atoms with Gasteiger partial charge in [0.1, 0.15) is 18.1 Å². The number of rotatable bonds is 5. The van der Waals surface area contributed by atoms with Crippen molar-refractivity contribution >= 4 is 11.6 Å². The number of carbonyl (C=O) groups is 2. The summed E-state index contributed by atoms with van der Waals surface area (Å²) < 4.78 is 0. The molecule has 9 unspecified atom stereocenters. The third-order valence-corrected chi connectivity index (χ3v) is 9.24. The number of ketones is 2. The molecule has 4 fully saturated rings. The average molecular weight is 454 g/mol. The Labute approximate surface area is 189 Å². The van der Waals surface area contributed by atoms with Crippen LogP contribution in [0, 0.1) is 41.4 Å². The largest absolute Gasteiger partial charge is 0.392 e. The van der Waals surface area contributed by atoms with E-state index in [4.69, 9.17) is 5.73 Å². The normalized spacial score (nSPS) is 49.7. The van der Waals surface area contributed by atoms with E-state index in [1.165, 1.54) is 0 Å². The predicted octanol–water partition coefficient (Wildman–Crippen LogP) is 0.114. The highest BCUT2D eigenvalue weighted by atomic mass is 16.4. The molecule has 7 N–H and O–H groups in total. The molecule has 4 rings (SSSR count). The standard InChI is InChI=1S/C24H39NO7/c1-2-3-4-5-11-6-7-15(26)18-14(11)9-12-8-13-10-16(27)19(23(25)31)22(30)24(13,32)21(29)17(12)20(18)28/h11-19,21,23,26-27,29,31-32H,2-10,25H2,1H3/t11?,12-,13+,14?,15?,16?,17?,18?,19?,21?,23?,24+/m1/s1. The van der Waals surface area contributed by atoms with Gasteiger partial charge in [0, 0.05) is 11.8 Å². The van der Waals surface area contributed by atoms with E-state index in [2.05, 4.69) is 6.92 Å². The molecule has 8 heteroatoms. The van der Waals surface area contributed by atoms with Gasteiger partial charge in [0.05, 0.1) is 24.0 Å². The Morgan fingerprint density at radius 1 is 1.03 bits per heavy atom. The van der Waals surface area contributed by atoms with Gasteiger partial charge in [0.25, 0.3) is 0 Å².